The van der Waals surface area contributed by atoms with Gasteiger partial charge in [-0.2, -0.15) is 0 Å². The van der Waals surface area contributed by atoms with Crippen LogP contribution in [0.2, 0.25) is 0 Å². The molecule has 108 valence electrons. The number of amides is 1. The van der Waals surface area contributed by atoms with E-state index >= 15 is 0 Å². The maximum Gasteiger partial charge on any atom is 0.305 e. The van der Waals surface area contributed by atoms with Crippen molar-refractivity contribution >= 4 is 11.9 Å². The van der Waals surface area contributed by atoms with E-state index < -0.39 is 17.7 Å². The van der Waals surface area contributed by atoms with Gasteiger partial charge in [-0.3, -0.25) is 9.59 Å². The highest BCUT2D eigenvalue weighted by Gasteiger charge is 2.33. The molecular weight excluding hydrogens is 265 g/mol. The summed E-state index contributed by atoms with van der Waals surface area (Å²) >= 11 is 0. The molecule has 1 aromatic carbocycles. The van der Waals surface area contributed by atoms with Crippen molar-refractivity contribution in [2.24, 2.45) is 5.92 Å². The molecule has 0 aromatic heterocycles. The van der Waals surface area contributed by atoms with Crippen molar-refractivity contribution in [1.82, 2.24) is 5.32 Å². The molecule has 0 bridgehead atoms. The summed E-state index contributed by atoms with van der Waals surface area (Å²) in [5.74, 6) is -1.27. The van der Waals surface area contributed by atoms with Gasteiger partial charge in [-0.05, 0) is 30.9 Å². The summed E-state index contributed by atoms with van der Waals surface area (Å²) in [4.78, 5) is 22.4. The van der Waals surface area contributed by atoms with Crippen molar-refractivity contribution in [2.45, 2.75) is 25.3 Å². The molecule has 0 unspecified atom stereocenters. The van der Waals surface area contributed by atoms with E-state index in [0.717, 1.165) is 12.8 Å². The minimum absolute atomic E-state index is 0.0869. The number of benzene rings is 1. The summed E-state index contributed by atoms with van der Waals surface area (Å²) in [6, 6.07) is 5.15. The van der Waals surface area contributed by atoms with Crippen LogP contribution in [-0.2, 0) is 9.59 Å². The molecular formula is C14H16FNO4. The lowest BCUT2D eigenvalue weighted by molar-refractivity contribution is -0.138. The van der Waals surface area contributed by atoms with Gasteiger partial charge in [-0.1, -0.05) is 6.07 Å². The van der Waals surface area contributed by atoms with Crippen LogP contribution in [0, 0.1) is 11.7 Å². The van der Waals surface area contributed by atoms with Crippen LogP contribution in [0.25, 0.3) is 0 Å². The highest BCUT2D eigenvalue weighted by molar-refractivity contribution is 5.79. The summed E-state index contributed by atoms with van der Waals surface area (Å²) < 4.78 is 18.1. The summed E-state index contributed by atoms with van der Waals surface area (Å²) in [6.45, 7) is -0.258. The van der Waals surface area contributed by atoms with E-state index in [1.165, 1.54) is 18.2 Å². The smallest absolute Gasteiger partial charge is 0.305 e. The molecule has 0 saturated heterocycles. The van der Waals surface area contributed by atoms with Gasteiger partial charge in [0.2, 0.25) is 0 Å². The molecule has 0 radical (unpaired) electrons. The zero-order valence-corrected chi connectivity index (χ0v) is 10.8. The second-order valence-electron chi connectivity index (χ2n) is 4.86. The molecule has 1 aromatic rings. The summed E-state index contributed by atoms with van der Waals surface area (Å²) in [5.41, 5.74) is 0. The molecule has 1 atom stereocenters. The average Bonchev–Trinajstić information content (AvgIpc) is 3.19. The molecule has 1 saturated carbocycles. The normalized spacial score (nSPS) is 15.4. The van der Waals surface area contributed by atoms with Gasteiger partial charge in [0.05, 0.1) is 6.42 Å². The minimum Gasteiger partial charge on any atom is -0.484 e. The van der Waals surface area contributed by atoms with Gasteiger partial charge in [0, 0.05) is 12.1 Å². The second-order valence-corrected chi connectivity index (χ2v) is 4.86. The Bertz CT molecular complexity index is 502. The molecule has 2 rings (SSSR count). The van der Waals surface area contributed by atoms with Crippen molar-refractivity contribution in [3.63, 3.8) is 0 Å². The zero-order chi connectivity index (χ0) is 14.5. The molecule has 20 heavy (non-hydrogen) atoms. The van der Waals surface area contributed by atoms with Crippen LogP contribution in [0.3, 0.4) is 0 Å². The van der Waals surface area contributed by atoms with E-state index in [1.807, 2.05) is 0 Å². The Hall–Kier alpha value is -2.11. The molecule has 2 N–H and O–H groups in total. The van der Waals surface area contributed by atoms with Gasteiger partial charge < -0.3 is 15.2 Å². The van der Waals surface area contributed by atoms with Crippen LogP contribution in [0.4, 0.5) is 4.39 Å². The lowest BCUT2D eigenvalue weighted by atomic mass is 10.1. The highest BCUT2D eigenvalue weighted by Crippen LogP contribution is 2.34. The van der Waals surface area contributed by atoms with Gasteiger partial charge in [0.1, 0.15) is 11.6 Å². The maximum absolute atomic E-state index is 12.9. The number of carboxylic acids is 1. The Kier molecular flexibility index (Phi) is 4.55. The Morgan fingerprint density at radius 1 is 1.45 bits per heavy atom. The highest BCUT2D eigenvalue weighted by atomic mass is 19.1. The van der Waals surface area contributed by atoms with Gasteiger partial charge in [-0.25, -0.2) is 4.39 Å². The summed E-state index contributed by atoms with van der Waals surface area (Å²) in [7, 11) is 0. The van der Waals surface area contributed by atoms with Crippen LogP contribution in [0.15, 0.2) is 24.3 Å². The van der Waals surface area contributed by atoms with Crippen LogP contribution < -0.4 is 10.1 Å². The number of halogens is 1. The fourth-order valence-corrected chi connectivity index (χ4v) is 1.98. The van der Waals surface area contributed by atoms with Crippen molar-refractivity contribution in [3.8, 4) is 5.75 Å². The number of nitrogens with one attached hydrogen (secondary N) is 1. The number of hydrogen-bond donors (Lipinski definition) is 2. The number of rotatable bonds is 7. The number of carboxylic acid groups (broad SMARTS) is 1. The average molecular weight is 281 g/mol. The van der Waals surface area contributed by atoms with Crippen LogP contribution in [-0.4, -0.2) is 29.6 Å². The van der Waals surface area contributed by atoms with E-state index in [4.69, 9.17) is 9.84 Å². The molecule has 0 spiro atoms. The predicted molar refractivity (Wildman–Crippen MR) is 68.8 cm³/mol. The predicted octanol–water partition coefficient (Wildman–Crippen LogP) is 1.57. The molecule has 1 amide bonds. The minimum atomic E-state index is -0.937. The largest absolute Gasteiger partial charge is 0.484 e. The number of ether oxygens (including phenoxy) is 1. The van der Waals surface area contributed by atoms with Crippen molar-refractivity contribution in [2.75, 3.05) is 6.61 Å². The Morgan fingerprint density at radius 3 is 2.80 bits per heavy atom. The van der Waals surface area contributed by atoms with E-state index in [9.17, 15) is 14.0 Å². The molecule has 6 heteroatoms. The van der Waals surface area contributed by atoms with Crippen molar-refractivity contribution in [3.05, 3.63) is 30.1 Å². The van der Waals surface area contributed by atoms with Gasteiger partial charge in [0.25, 0.3) is 5.91 Å². The van der Waals surface area contributed by atoms with Crippen LogP contribution >= 0.6 is 0 Å². The molecule has 1 fully saturated rings. The number of carbonyl (C=O) groups excluding carboxylic acids is 1. The van der Waals surface area contributed by atoms with E-state index in [1.54, 1.807) is 6.07 Å². The summed E-state index contributed by atoms with van der Waals surface area (Å²) in [6.07, 6.45) is 1.78. The van der Waals surface area contributed by atoms with Gasteiger partial charge in [-0.15, -0.1) is 0 Å². The lowest BCUT2D eigenvalue weighted by Crippen LogP contribution is -2.40. The van der Waals surface area contributed by atoms with E-state index in [2.05, 4.69) is 5.32 Å². The lowest BCUT2D eigenvalue weighted by Gasteiger charge is -2.16. The standard InChI is InChI=1S/C14H16FNO4/c15-10-2-1-3-11(6-10)20-8-13(17)16-12(7-14(18)19)9-4-5-9/h1-3,6,9,12H,4-5,7-8H2,(H,16,17)(H,18,19)/t12-/m1/s1. The third-order valence-corrected chi connectivity index (χ3v) is 3.10. The molecule has 0 heterocycles. The van der Waals surface area contributed by atoms with E-state index in [-0.39, 0.29) is 30.7 Å². The van der Waals surface area contributed by atoms with Crippen LogP contribution in [0.1, 0.15) is 19.3 Å². The Labute approximate surface area is 115 Å². The van der Waals surface area contributed by atoms with Gasteiger partial charge in [0.15, 0.2) is 6.61 Å². The van der Waals surface area contributed by atoms with Crippen LogP contribution in [0.5, 0.6) is 5.75 Å². The first-order valence-corrected chi connectivity index (χ1v) is 6.44. The monoisotopic (exact) mass is 281 g/mol. The first-order chi connectivity index (χ1) is 9.54. The SMILES string of the molecule is O=C(O)C[C@@H](NC(=O)COc1cccc(F)c1)C1CC1. The number of carbonyl (C=O) groups is 2. The summed E-state index contributed by atoms with van der Waals surface area (Å²) in [5, 5.41) is 11.4. The fourth-order valence-electron chi connectivity index (χ4n) is 1.98. The van der Waals surface area contributed by atoms with E-state index in [0.29, 0.717) is 0 Å². The first-order valence-electron chi connectivity index (χ1n) is 6.44. The van der Waals surface area contributed by atoms with Crippen molar-refractivity contribution in [1.29, 1.82) is 0 Å². The molecule has 1 aliphatic carbocycles. The Morgan fingerprint density at radius 2 is 2.20 bits per heavy atom. The van der Waals surface area contributed by atoms with Gasteiger partial charge >= 0.3 is 5.97 Å². The number of hydrogen-bond acceptors (Lipinski definition) is 3. The Balaban J connectivity index is 1.80. The zero-order valence-electron chi connectivity index (χ0n) is 10.8. The third-order valence-electron chi connectivity index (χ3n) is 3.10. The molecule has 5 nitrogen and oxygen atoms in total. The second kappa shape index (κ2) is 6.36. The fraction of sp³-hybridized carbons (Fsp3) is 0.429. The third kappa shape index (κ3) is 4.53. The maximum atomic E-state index is 12.9. The topological polar surface area (TPSA) is 75.6 Å². The first kappa shape index (κ1) is 14.3. The molecule has 0 aliphatic heterocycles. The number of aliphatic carboxylic acids is 1. The van der Waals surface area contributed by atoms with Crippen molar-refractivity contribution < 1.29 is 23.8 Å². The molecule has 1 aliphatic rings. The quantitative estimate of drug-likeness (QED) is 0.795.